The average molecular weight is 341 g/mol. The van der Waals surface area contributed by atoms with Gasteiger partial charge < -0.3 is 4.90 Å². The van der Waals surface area contributed by atoms with E-state index in [9.17, 15) is 4.79 Å². The monoisotopic (exact) mass is 339 g/mol. The van der Waals surface area contributed by atoms with Gasteiger partial charge in [-0.1, -0.05) is 39.7 Å². The highest BCUT2D eigenvalue weighted by molar-refractivity contribution is 9.10. The van der Waals surface area contributed by atoms with Crippen molar-refractivity contribution in [3.05, 3.63) is 57.5 Å². The molecule has 0 saturated heterocycles. The minimum absolute atomic E-state index is 0.210. The number of aromatic nitrogens is 2. The van der Waals surface area contributed by atoms with Gasteiger partial charge in [0.15, 0.2) is 0 Å². The van der Waals surface area contributed by atoms with Crippen molar-refractivity contribution in [1.82, 2.24) is 14.9 Å². The van der Waals surface area contributed by atoms with Crippen LogP contribution >= 0.6 is 27.5 Å². The highest BCUT2D eigenvalue weighted by Crippen LogP contribution is 2.13. The molecule has 0 bridgehead atoms. The summed E-state index contributed by atoms with van der Waals surface area (Å²) in [6.45, 7) is 0.500. The summed E-state index contributed by atoms with van der Waals surface area (Å²) in [5.74, 6) is -0.210. The van der Waals surface area contributed by atoms with E-state index >= 15 is 0 Å². The molecule has 1 aromatic carbocycles. The van der Waals surface area contributed by atoms with Gasteiger partial charge in [0.2, 0.25) is 0 Å². The van der Waals surface area contributed by atoms with E-state index in [1.807, 2.05) is 24.3 Å². The fourth-order valence-electron chi connectivity index (χ4n) is 1.58. The molecule has 1 amide bonds. The molecule has 6 heteroatoms. The second-order valence-electron chi connectivity index (χ2n) is 4.01. The zero-order valence-corrected chi connectivity index (χ0v) is 12.5. The van der Waals surface area contributed by atoms with Crippen LogP contribution in [-0.4, -0.2) is 27.8 Å². The number of carbonyl (C=O) groups excluding carboxylic acids is 1. The van der Waals surface area contributed by atoms with Crippen molar-refractivity contribution in [3.63, 3.8) is 0 Å². The molecule has 0 N–H and O–H groups in total. The number of benzene rings is 1. The highest BCUT2D eigenvalue weighted by Gasteiger charge is 2.14. The zero-order chi connectivity index (χ0) is 13.8. The second-order valence-corrected chi connectivity index (χ2v) is 5.32. The molecule has 2 aromatic rings. The van der Waals surface area contributed by atoms with Crippen molar-refractivity contribution in [3.8, 4) is 0 Å². The van der Waals surface area contributed by atoms with Crippen LogP contribution < -0.4 is 0 Å². The average Bonchev–Trinajstić information content (AvgIpc) is 2.40. The Morgan fingerprint density at radius 2 is 2.00 bits per heavy atom. The molecule has 0 atom stereocenters. The summed E-state index contributed by atoms with van der Waals surface area (Å²) in [6, 6.07) is 7.79. The number of hydrogen-bond donors (Lipinski definition) is 0. The number of rotatable bonds is 3. The molecule has 98 valence electrons. The Bertz CT molecular complexity index is 589. The van der Waals surface area contributed by atoms with Crippen molar-refractivity contribution in [2.24, 2.45) is 0 Å². The lowest BCUT2D eigenvalue weighted by atomic mass is 10.2. The summed E-state index contributed by atoms with van der Waals surface area (Å²) in [5.41, 5.74) is 1.28. The van der Waals surface area contributed by atoms with Gasteiger partial charge in [-0.25, -0.2) is 4.98 Å². The molecule has 19 heavy (non-hydrogen) atoms. The van der Waals surface area contributed by atoms with E-state index in [0.29, 0.717) is 6.54 Å². The summed E-state index contributed by atoms with van der Waals surface area (Å²) in [4.78, 5) is 21.5. The van der Waals surface area contributed by atoms with Crippen LogP contribution in [0.15, 0.2) is 41.1 Å². The Hall–Kier alpha value is -1.46. The molecular formula is C13H11BrClN3O. The number of amides is 1. The van der Waals surface area contributed by atoms with Crippen LogP contribution in [0.25, 0.3) is 0 Å². The van der Waals surface area contributed by atoms with Gasteiger partial charge in [-0.3, -0.25) is 9.78 Å². The lowest BCUT2D eigenvalue weighted by Crippen LogP contribution is -2.27. The maximum atomic E-state index is 12.1. The minimum atomic E-state index is -0.210. The molecule has 1 heterocycles. The van der Waals surface area contributed by atoms with Gasteiger partial charge in [0, 0.05) is 18.1 Å². The third kappa shape index (κ3) is 3.75. The molecule has 0 aliphatic rings. The summed E-state index contributed by atoms with van der Waals surface area (Å²) < 4.78 is 1.01. The molecule has 1 aromatic heterocycles. The van der Waals surface area contributed by atoms with Crippen LogP contribution in [0, 0.1) is 0 Å². The number of hydrogen-bond acceptors (Lipinski definition) is 3. The molecule has 0 radical (unpaired) electrons. The van der Waals surface area contributed by atoms with Gasteiger partial charge in [0.05, 0.1) is 12.4 Å². The van der Waals surface area contributed by atoms with Crippen LogP contribution in [0.5, 0.6) is 0 Å². The van der Waals surface area contributed by atoms with Gasteiger partial charge in [-0.15, -0.1) is 0 Å². The summed E-state index contributed by atoms with van der Waals surface area (Å²) in [5, 5.41) is 0.211. The third-order valence-corrected chi connectivity index (χ3v) is 3.21. The van der Waals surface area contributed by atoms with Crippen LogP contribution in [-0.2, 0) is 6.54 Å². The van der Waals surface area contributed by atoms with Gasteiger partial charge in [-0.2, -0.15) is 0 Å². The van der Waals surface area contributed by atoms with Crippen molar-refractivity contribution in [1.29, 1.82) is 0 Å². The summed E-state index contributed by atoms with van der Waals surface area (Å²) in [7, 11) is 1.72. The molecule has 0 fully saturated rings. The van der Waals surface area contributed by atoms with Gasteiger partial charge in [0.1, 0.15) is 10.8 Å². The van der Waals surface area contributed by atoms with Crippen LogP contribution in [0.1, 0.15) is 16.1 Å². The largest absolute Gasteiger partial charge is 0.336 e. The van der Waals surface area contributed by atoms with E-state index in [1.54, 1.807) is 11.9 Å². The Kier molecular flexibility index (Phi) is 4.50. The SMILES string of the molecule is CN(Cc1ccc(Br)cc1)C(=O)c1cncc(Cl)n1. The molecule has 0 aliphatic heterocycles. The van der Waals surface area contributed by atoms with Crippen molar-refractivity contribution in [2.45, 2.75) is 6.54 Å². The van der Waals surface area contributed by atoms with Gasteiger partial charge >= 0.3 is 0 Å². The molecule has 2 rings (SSSR count). The molecule has 0 saturated carbocycles. The van der Waals surface area contributed by atoms with Crippen molar-refractivity contribution < 1.29 is 4.79 Å². The van der Waals surface area contributed by atoms with Crippen molar-refractivity contribution in [2.75, 3.05) is 7.05 Å². The topological polar surface area (TPSA) is 46.1 Å². The fraction of sp³-hybridized carbons (Fsp3) is 0.154. The number of nitrogens with zero attached hydrogens (tertiary/aromatic N) is 3. The second kappa shape index (κ2) is 6.12. The van der Waals surface area contributed by atoms with Gasteiger partial charge in [0.25, 0.3) is 5.91 Å². The van der Waals surface area contributed by atoms with E-state index in [4.69, 9.17) is 11.6 Å². The molecule has 0 unspecified atom stereocenters. The quantitative estimate of drug-likeness (QED) is 0.862. The lowest BCUT2D eigenvalue weighted by Gasteiger charge is -2.16. The predicted octanol–water partition coefficient (Wildman–Crippen LogP) is 3.16. The Balaban J connectivity index is 2.09. The summed E-state index contributed by atoms with van der Waals surface area (Å²) >= 11 is 9.09. The third-order valence-electron chi connectivity index (χ3n) is 2.50. The first kappa shape index (κ1) is 14.0. The summed E-state index contributed by atoms with van der Waals surface area (Å²) in [6.07, 6.45) is 2.80. The van der Waals surface area contributed by atoms with E-state index in [1.165, 1.54) is 12.4 Å². The molecule has 4 nitrogen and oxygen atoms in total. The normalized spacial score (nSPS) is 10.3. The molecule has 0 aliphatic carbocycles. The highest BCUT2D eigenvalue weighted by atomic mass is 79.9. The van der Waals surface area contributed by atoms with Crippen LogP contribution in [0.3, 0.4) is 0 Å². The maximum Gasteiger partial charge on any atom is 0.274 e. The van der Waals surface area contributed by atoms with Crippen molar-refractivity contribution >= 4 is 33.4 Å². The number of halogens is 2. The smallest absolute Gasteiger partial charge is 0.274 e. The Morgan fingerprint density at radius 1 is 1.32 bits per heavy atom. The standard InChI is InChI=1S/C13H11BrClN3O/c1-18(8-9-2-4-10(14)5-3-9)13(19)11-6-16-7-12(15)17-11/h2-7H,8H2,1H3. The van der Waals surface area contributed by atoms with E-state index in [-0.39, 0.29) is 16.8 Å². The van der Waals surface area contributed by atoms with Crippen LogP contribution in [0.2, 0.25) is 5.15 Å². The minimum Gasteiger partial charge on any atom is -0.336 e. The van der Waals surface area contributed by atoms with Crippen LogP contribution in [0.4, 0.5) is 0 Å². The first-order chi connectivity index (χ1) is 9.06. The van der Waals surface area contributed by atoms with E-state index in [2.05, 4.69) is 25.9 Å². The van der Waals surface area contributed by atoms with E-state index in [0.717, 1.165) is 10.0 Å². The fourth-order valence-corrected chi connectivity index (χ4v) is 1.99. The maximum absolute atomic E-state index is 12.1. The lowest BCUT2D eigenvalue weighted by molar-refractivity contribution is 0.0779. The molecule has 0 spiro atoms. The van der Waals surface area contributed by atoms with E-state index < -0.39 is 0 Å². The first-order valence-corrected chi connectivity index (χ1v) is 6.71. The zero-order valence-electron chi connectivity index (χ0n) is 10.2. The Labute approximate surface area is 124 Å². The number of carbonyl (C=O) groups is 1. The predicted molar refractivity (Wildman–Crippen MR) is 77.0 cm³/mol. The molecular weight excluding hydrogens is 330 g/mol. The Morgan fingerprint density at radius 3 is 2.63 bits per heavy atom. The van der Waals surface area contributed by atoms with Gasteiger partial charge in [-0.05, 0) is 17.7 Å². The first-order valence-electron chi connectivity index (χ1n) is 5.54.